The fourth-order valence-electron chi connectivity index (χ4n) is 1.51. The highest BCUT2D eigenvalue weighted by Gasteiger charge is 2.12. The van der Waals surface area contributed by atoms with Gasteiger partial charge >= 0.3 is 0 Å². The summed E-state index contributed by atoms with van der Waals surface area (Å²) in [7, 11) is 0. The molecule has 5 nitrogen and oxygen atoms in total. The molecule has 0 radical (unpaired) electrons. The Morgan fingerprint density at radius 3 is 2.90 bits per heavy atom. The molecule has 1 atom stereocenters. The Morgan fingerprint density at radius 1 is 1.45 bits per heavy atom. The number of thioether (sulfide) groups is 1. The first-order valence-corrected chi connectivity index (χ1v) is 8.26. The van der Waals surface area contributed by atoms with Crippen molar-refractivity contribution in [1.29, 1.82) is 0 Å². The zero-order chi connectivity index (χ0) is 14.7. The van der Waals surface area contributed by atoms with Crippen molar-refractivity contribution in [2.24, 2.45) is 5.92 Å². The summed E-state index contributed by atoms with van der Waals surface area (Å²) in [6.07, 6.45) is 0. The number of aromatic nitrogens is 2. The van der Waals surface area contributed by atoms with Crippen molar-refractivity contribution in [2.45, 2.75) is 32.0 Å². The van der Waals surface area contributed by atoms with Gasteiger partial charge in [-0.1, -0.05) is 25.6 Å². The van der Waals surface area contributed by atoms with E-state index < -0.39 is 0 Å². The summed E-state index contributed by atoms with van der Waals surface area (Å²) in [5, 5.41) is 6.30. The number of carbonyl (C=O) groups excluding carboxylic acids is 1. The molecule has 2 rings (SSSR count). The minimum atomic E-state index is -0.00959. The Kier molecular flexibility index (Phi) is 4.82. The van der Waals surface area contributed by atoms with E-state index in [4.69, 9.17) is 5.73 Å². The molecule has 0 bridgehead atoms. The second-order valence-corrected chi connectivity index (χ2v) is 6.76. The van der Waals surface area contributed by atoms with Crippen LogP contribution in [0.4, 0.5) is 5.82 Å². The van der Waals surface area contributed by atoms with E-state index in [1.807, 2.05) is 18.4 Å². The molecule has 3 N–H and O–H groups in total. The van der Waals surface area contributed by atoms with Crippen molar-refractivity contribution in [3.05, 3.63) is 11.4 Å². The van der Waals surface area contributed by atoms with Gasteiger partial charge < -0.3 is 11.1 Å². The first-order valence-electron chi connectivity index (χ1n) is 6.40. The Bertz CT molecular complexity index is 611. The van der Waals surface area contributed by atoms with Crippen LogP contribution in [0, 0.1) is 5.92 Å². The van der Waals surface area contributed by atoms with Gasteiger partial charge in [-0.05, 0) is 24.3 Å². The molecule has 20 heavy (non-hydrogen) atoms. The topological polar surface area (TPSA) is 80.9 Å². The van der Waals surface area contributed by atoms with Gasteiger partial charge in [0.1, 0.15) is 10.6 Å². The van der Waals surface area contributed by atoms with Crippen LogP contribution in [0.3, 0.4) is 0 Å². The fraction of sp³-hybridized carbons (Fsp3) is 0.462. The zero-order valence-corrected chi connectivity index (χ0v) is 13.3. The van der Waals surface area contributed by atoms with Crippen LogP contribution in [0.1, 0.15) is 20.8 Å². The number of nitrogens with two attached hydrogens (primary N) is 1. The van der Waals surface area contributed by atoms with Crippen LogP contribution in [0.2, 0.25) is 0 Å². The van der Waals surface area contributed by atoms with Gasteiger partial charge in [0.25, 0.3) is 0 Å². The van der Waals surface area contributed by atoms with Crippen LogP contribution < -0.4 is 11.1 Å². The first kappa shape index (κ1) is 15.1. The van der Waals surface area contributed by atoms with Crippen LogP contribution >= 0.6 is 23.1 Å². The number of anilines is 1. The second-order valence-electron chi connectivity index (χ2n) is 4.92. The molecule has 0 fully saturated rings. The Hall–Kier alpha value is -1.34. The van der Waals surface area contributed by atoms with Crippen LogP contribution in [-0.2, 0) is 4.79 Å². The molecule has 2 heterocycles. The average Bonchev–Trinajstić information content (AvgIpc) is 2.85. The highest BCUT2D eigenvalue weighted by atomic mass is 32.2. The summed E-state index contributed by atoms with van der Waals surface area (Å²) in [5.41, 5.74) is 5.87. The summed E-state index contributed by atoms with van der Waals surface area (Å²) in [6.45, 7) is 6.15. The Morgan fingerprint density at radius 2 is 2.20 bits per heavy atom. The minimum Gasteiger partial charge on any atom is -0.383 e. The number of amides is 1. The zero-order valence-electron chi connectivity index (χ0n) is 11.7. The van der Waals surface area contributed by atoms with Crippen molar-refractivity contribution >= 4 is 45.0 Å². The van der Waals surface area contributed by atoms with Crippen LogP contribution in [0.15, 0.2) is 16.6 Å². The lowest BCUT2D eigenvalue weighted by Crippen LogP contribution is -2.37. The highest BCUT2D eigenvalue weighted by molar-refractivity contribution is 7.99. The van der Waals surface area contributed by atoms with Crippen LogP contribution in [-0.4, -0.2) is 27.7 Å². The number of carbonyl (C=O) groups is 1. The molecule has 0 aliphatic heterocycles. The number of hydrogen-bond donors (Lipinski definition) is 2. The third kappa shape index (κ3) is 3.61. The maximum Gasteiger partial charge on any atom is 0.230 e. The molecule has 1 amide bonds. The summed E-state index contributed by atoms with van der Waals surface area (Å²) in [5.74, 6) is 1.17. The quantitative estimate of drug-likeness (QED) is 0.655. The number of fused-ring (bicyclic) bond motifs is 1. The van der Waals surface area contributed by atoms with E-state index in [1.54, 1.807) is 0 Å². The van der Waals surface area contributed by atoms with Gasteiger partial charge in [-0.2, -0.15) is 0 Å². The number of rotatable bonds is 5. The maximum absolute atomic E-state index is 11.8. The molecule has 0 aliphatic rings. The molecule has 1 unspecified atom stereocenters. The van der Waals surface area contributed by atoms with Crippen molar-refractivity contribution in [3.8, 4) is 0 Å². The number of hydrogen-bond acceptors (Lipinski definition) is 6. The van der Waals surface area contributed by atoms with Gasteiger partial charge in [0.15, 0.2) is 5.16 Å². The number of thiophene rings is 1. The third-order valence-electron chi connectivity index (χ3n) is 3.06. The lowest BCUT2D eigenvalue weighted by Gasteiger charge is -2.16. The molecule has 0 saturated heterocycles. The SMILES string of the molecule is CC(C)C(C)NC(=O)CSc1nc(N)c2ccsc2n1. The normalized spacial score (nSPS) is 12.8. The lowest BCUT2D eigenvalue weighted by molar-refractivity contribution is -0.119. The monoisotopic (exact) mass is 310 g/mol. The van der Waals surface area contributed by atoms with Gasteiger partial charge in [0, 0.05) is 6.04 Å². The van der Waals surface area contributed by atoms with Gasteiger partial charge in [-0.3, -0.25) is 4.79 Å². The minimum absolute atomic E-state index is 0.00959. The average molecular weight is 310 g/mol. The van der Waals surface area contributed by atoms with Crippen molar-refractivity contribution in [2.75, 3.05) is 11.5 Å². The standard InChI is InChI=1S/C13H18N4OS2/c1-7(2)8(3)15-10(18)6-20-13-16-11(14)9-4-5-19-12(9)17-13/h4-5,7-8H,6H2,1-3H3,(H,15,18)(H2,14,16,17). The first-order chi connectivity index (χ1) is 9.47. The molecule has 7 heteroatoms. The molecule has 0 aromatic carbocycles. The molecular formula is C13H18N4OS2. The number of nitrogens with zero attached hydrogens (tertiary/aromatic N) is 2. The van der Waals surface area contributed by atoms with Gasteiger partial charge in [0.05, 0.1) is 11.1 Å². The maximum atomic E-state index is 11.8. The van der Waals surface area contributed by atoms with E-state index >= 15 is 0 Å². The van der Waals surface area contributed by atoms with E-state index in [9.17, 15) is 4.79 Å². The molecule has 0 spiro atoms. The molecule has 2 aromatic rings. The van der Waals surface area contributed by atoms with E-state index in [2.05, 4.69) is 29.1 Å². The largest absolute Gasteiger partial charge is 0.383 e. The van der Waals surface area contributed by atoms with E-state index in [0.29, 0.717) is 22.6 Å². The van der Waals surface area contributed by atoms with Crippen molar-refractivity contribution in [3.63, 3.8) is 0 Å². The Labute approximate surface area is 126 Å². The van der Waals surface area contributed by atoms with Crippen LogP contribution in [0.25, 0.3) is 10.2 Å². The highest BCUT2D eigenvalue weighted by Crippen LogP contribution is 2.26. The number of nitrogen functional groups attached to an aromatic ring is 1. The summed E-state index contributed by atoms with van der Waals surface area (Å²) in [4.78, 5) is 21.3. The fourth-order valence-corrected chi connectivity index (χ4v) is 3.01. The van der Waals surface area contributed by atoms with Gasteiger partial charge in [-0.25, -0.2) is 9.97 Å². The Balaban J connectivity index is 1.97. The third-order valence-corrected chi connectivity index (χ3v) is 4.71. The predicted molar refractivity (Wildman–Crippen MR) is 85.0 cm³/mol. The van der Waals surface area contributed by atoms with Crippen molar-refractivity contribution in [1.82, 2.24) is 15.3 Å². The van der Waals surface area contributed by atoms with E-state index in [0.717, 1.165) is 10.2 Å². The summed E-state index contributed by atoms with van der Waals surface area (Å²) < 4.78 is 0. The van der Waals surface area contributed by atoms with Gasteiger partial charge in [-0.15, -0.1) is 11.3 Å². The summed E-state index contributed by atoms with van der Waals surface area (Å²) >= 11 is 2.83. The molecular weight excluding hydrogens is 292 g/mol. The van der Waals surface area contributed by atoms with Crippen molar-refractivity contribution < 1.29 is 4.79 Å². The molecule has 0 saturated carbocycles. The lowest BCUT2D eigenvalue weighted by atomic mass is 10.1. The second kappa shape index (κ2) is 6.41. The molecule has 0 aliphatic carbocycles. The molecule has 2 aromatic heterocycles. The van der Waals surface area contributed by atoms with E-state index in [-0.39, 0.29) is 11.9 Å². The summed E-state index contributed by atoms with van der Waals surface area (Å²) in [6, 6.07) is 2.06. The molecule has 108 valence electrons. The smallest absolute Gasteiger partial charge is 0.230 e. The van der Waals surface area contributed by atoms with Gasteiger partial charge in [0.2, 0.25) is 5.91 Å². The number of nitrogens with one attached hydrogen (secondary N) is 1. The van der Waals surface area contributed by atoms with Crippen LogP contribution in [0.5, 0.6) is 0 Å². The van der Waals surface area contributed by atoms with E-state index in [1.165, 1.54) is 23.1 Å². The predicted octanol–water partition coefficient (Wildman–Crippen LogP) is 2.53.